The molecule has 158 valence electrons. The number of aliphatic hydroxyl groups excluding tert-OH is 1. The number of aliphatic hydroxyl groups is 1. The molecule has 0 bridgehead atoms. The van der Waals surface area contributed by atoms with E-state index in [1.165, 1.54) is 7.11 Å². The molecule has 2 aromatic rings. The van der Waals surface area contributed by atoms with Gasteiger partial charge in [-0.15, -0.1) is 0 Å². The van der Waals surface area contributed by atoms with E-state index in [9.17, 15) is 9.90 Å². The highest BCUT2D eigenvalue weighted by molar-refractivity contribution is 5.78. The van der Waals surface area contributed by atoms with Crippen molar-refractivity contribution in [2.45, 2.75) is 50.9 Å². The minimum atomic E-state index is -0.938. The summed E-state index contributed by atoms with van der Waals surface area (Å²) in [6.07, 6.45) is -0.499. The van der Waals surface area contributed by atoms with Gasteiger partial charge in [0, 0.05) is 44.7 Å². The molecule has 0 spiro atoms. The SMILES string of the molecule is CO[C@]1(C)C[C@@H](O)O[C@@H](C)[C@@H]1OC(=O)NCCNCc1cnc2ccccc2c1. The van der Waals surface area contributed by atoms with Gasteiger partial charge < -0.3 is 30.0 Å². The van der Waals surface area contributed by atoms with E-state index in [1.807, 2.05) is 30.5 Å². The van der Waals surface area contributed by atoms with Crippen molar-refractivity contribution < 1.29 is 24.1 Å². The van der Waals surface area contributed by atoms with Crippen molar-refractivity contribution in [3.05, 3.63) is 42.1 Å². The second-order valence-corrected chi connectivity index (χ2v) is 7.48. The number of alkyl carbamates (subject to hydrolysis) is 1. The molecule has 0 unspecified atom stereocenters. The molecular formula is C21H29N3O5. The Morgan fingerprint density at radius 3 is 2.97 bits per heavy atom. The summed E-state index contributed by atoms with van der Waals surface area (Å²) in [6.45, 7) is 5.19. The number of carbonyl (C=O) groups is 1. The number of benzene rings is 1. The third-order valence-electron chi connectivity index (χ3n) is 5.23. The fraction of sp³-hybridized carbons (Fsp3) is 0.524. The van der Waals surface area contributed by atoms with E-state index in [-0.39, 0.29) is 6.42 Å². The van der Waals surface area contributed by atoms with Gasteiger partial charge in [-0.05, 0) is 31.5 Å². The van der Waals surface area contributed by atoms with Crippen molar-refractivity contribution in [2.75, 3.05) is 20.2 Å². The molecule has 8 nitrogen and oxygen atoms in total. The summed E-state index contributed by atoms with van der Waals surface area (Å²) in [4.78, 5) is 16.6. The van der Waals surface area contributed by atoms with Gasteiger partial charge in [0.05, 0.1) is 11.6 Å². The summed E-state index contributed by atoms with van der Waals surface area (Å²) in [7, 11) is 1.53. The molecule has 1 aromatic heterocycles. The summed E-state index contributed by atoms with van der Waals surface area (Å²) >= 11 is 0. The number of aromatic nitrogens is 1. The lowest BCUT2D eigenvalue weighted by Gasteiger charge is -2.44. The zero-order chi connectivity index (χ0) is 20.9. The number of nitrogens with zero attached hydrogens (tertiary/aromatic N) is 1. The molecule has 29 heavy (non-hydrogen) atoms. The highest BCUT2D eigenvalue weighted by atomic mass is 16.7. The molecule has 1 aromatic carbocycles. The van der Waals surface area contributed by atoms with E-state index in [0.29, 0.717) is 19.6 Å². The Hall–Kier alpha value is -2.26. The first-order valence-electron chi connectivity index (χ1n) is 9.79. The summed E-state index contributed by atoms with van der Waals surface area (Å²) in [5.41, 5.74) is 1.24. The predicted octanol–water partition coefficient (Wildman–Crippen LogP) is 1.95. The van der Waals surface area contributed by atoms with Crippen molar-refractivity contribution in [2.24, 2.45) is 0 Å². The quantitative estimate of drug-likeness (QED) is 0.607. The number of pyridine rings is 1. The van der Waals surface area contributed by atoms with Crippen LogP contribution in [0.1, 0.15) is 25.8 Å². The summed E-state index contributed by atoms with van der Waals surface area (Å²) in [5.74, 6) is 0. The van der Waals surface area contributed by atoms with Crippen LogP contribution in [-0.4, -0.2) is 60.5 Å². The first-order chi connectivity index (χ1) is 13.9. The maximum atomic E-state index is 12.2. The predicted molar refractivity (Wildman–Crippen MR) is 108 cm³/mol. The lowest BCUT2D eigenvalue weighted by Crippen LogP contribution is -2.58. The number of carbonyl (C=O) groups excluding carboxylic acids is 1. The van der Waals surface area contributed by atoms with Crippen LogP contribution >= 0.6 is 0 Å². The van der Waals surface area contributed by atoms with Crippen LogP contribution in [0.3, 0.4) is 0 Å². The Kier molecular flexibility index (Phi) is 7.02. The van der Waals surface area contributed by atoms with Crippen molar-refractivity contribution in [1.29, 1.82) is 0 Å². The fourth-order valence-corrected chi connectivity index (χ4v) is 3.60. The van der Waals surface area contributed by atoms with Crippen LogP contribution in [0.2, 0.25) is 0 Å². The zero-order valence-corrected chi connectivity index (χ0v) is 17.1. The minimum Gasteiger partial charge on any atom is -0.440 e. The third kappa shape index (κ3) is 5.42. The van der Waals surface area contributed by atoms with Gasteiger partial charge in [-0.1, -0.05) is 18.2 Å². The Bertz CT molecular complexity index is 833. The lowest BCUT2D eigenvalue weighted by atomic mass is 9.88. The van der Waals surface area contributed by atoms with Crippen LogP contribution < -0.4 is 10.6 Å². The molecule has 3 rings (SSSR count). The maximum absolute atomic E-state index is 12.2. The molecule has 1 fully saturated rings. The second kappa shape index (κ2) is 9.49. The average Bonchev–Trinajstić information content (AvgIpc) is 2.70. The van der Waals surface area contributed by atoms with Gasteiger partial charge in [0.1, 0.15) is 5.60 Å². The van der Waals surface area contributed by atoms with Gasteiger partial charge in [-0.2, -0.15) is 0 Å². The number of hydrogen-bond donors (Lipinski definition) is 3. The van der Waals surface area contributed by atoms with E-state index < -0.39 is 30.2 Å². The van der Waals surface area contributed by atoms with E-state index in [0.717, 1.165) is 16.5 Å². The number of ether oxygens (including phenoxy) is 3. The van der Waals surface area contributed by atoms with Crippen molar-refractivity contribution >= 4 is 17.0 Å². The van der Waals surface area contributed by atoms with Gasteiger partial charge in [0.2, 0.25) is 0 Å². The van der Waals surface area contributed by atoms with Crippen LogP contribution in [0.4, 0.5) is 4.79 Å². The number of para-hydroxylation sites is 1. The monoisotopic (exact) mass is 403 g/mol. The number of methoxy groups -OCH3 is 1. The van der Waals surface area contributed by atoms with Gasteiger partial charge in [-0.25, -0.2) is 4.79 Å². The summed E-state index contributed by atoms with van der Waals surface area (Å²) in [5, 5.41) is 16.9. The molecule has 8 heteroatoms. The molecular weight excluding hydrogens is 374 g/mol. The second-order valence-electron chi connectivity index (χ2n) is 7.48. The van der Waals surface area contributed by atoms with Crippen LogP contribution in [-0.2, 0) is 20.8 Å². The molecule has 1 aliphatic heterocycles. The summed E-state index contributed by atoms with van der Waals surface area (Å²) in [6, 6.07) is 10.1. The van der Waals surface area contributed by atoms with Gasteiger partial charge in [0.25, 0.3) is 0 Å². The van der Waals surface area contributed by atoms with E-state index in [4.69, 9.17) is 14.2 Å². The van der Waals surface area contributed by atoms with Gasteiger partial charge in [-0.3, -0.25) is 4.98 Å². The Morgan fingerprint density at radius 1 is 1.38 bits per heavy atom. The first-order valence-corrected chi connectivity index (χ1v) is 9.79. The standard InChI is InChI=1S/C21H29N3O5/c1-14-19(21(2,27-3)11-18(25)28-14)29-20(26)23-9-8-22-12-15-10-16-6-4-5-7-17(16)24-13-15/h4-7,10,13-14,18-19,22,25H,8-9,11-12H2,1-3H3,(H,23,26)/t14-,18-,19-,21+/m0/s1. The largest absolute Gasteiger partial charge is 0.440 e. The van der Waals surface area contributed by atoms with Crippen LogP contribution in [0.5, 0.6) is 0 Å². The highest BCUT2D eigenvalue weighted by Crippen LogP contribution is 2.33. The van der Waals surface area contributed by atoms with Gasteiger partial charge >= 0.3 is 6.09 Å². The number of amides is 1. The first kappa shape index (κ1) is 21.4. The van der Waals surface area contributed by atoms with Crippen LogP contribution in [0.25, 0.3) is 10.9 Å². The Labute approximate surface area is 170 Å². The average molecular weight is 403 g/mol. The van der Waals surface area contributed by atoms with Crippen LogP contribution in [0.15, 0.2) is 36.5 Å². The molecule has 0 radical (unpaired) electrons. The van der Waals surface area contributed by atoms with Crippen molar-refractivity contribution in [3.8, 4) is 0 Å². The fourth-order valence-electron chi connectivity index (χ4n) is 3.60. The lowest BCUT2D eigenvalue weighted by molar-refractivity contribution is -0.262. The zero-order valence-electron chi connectivity index (χ0n) is 17.1. The van der Waals surface area contributed by atoms with Crippen molar-refractivity contribution in [3.63, 3.8) is 0 Å². The number of nitrogens with one attached hydrogen (secondary N) is 2. The molecule has 1 aliphatic rings. The maximum Gasteiger partial charge on any atom is 0.407 e. The topological polar surface area (TPSA) is 102 Å². The molecule has 1 amide bonds. The number of hydrogen-bond acceptors (Lipinski definition) is 7. The molecule has 0 aliphatic carbocycles. The van der Waals surface area contributed by atoms with Gasteiger partial charge in [0.15, 0.2) is 12.4 Å². The Balaban J connectivity index is 1.41. The van der Waals surface area contributed by atoms with E-state index in [1.54, 1.807) is 13.8 Å². The molecule has 4 atom stereocenters. The normalized spacial score (nSPS) is 27.0. The smallest absolute Gasteiger partial charge is 0.407 e. The summed E-state index contributed by atoms with van der Waals surface area (Å²) < 4.78 is 16.4. The number of fused-ring (bicyclic) bond motifs is 1. The number of rotatable bonds is 7. The van der Waals surface area contributed by atoms with Crippen molar-refractivity contribution in [1.82, 2.24) is 15.6 Å². The van der Waals surface area contributed by atoms with E-state index >= 15 is 0 Å². The minimum absolute atomic E-state index is 0.229. The highest BCUT2D eigenvalue weighted by Gasteiger charge is 2.47. The third-order valence-corrected chi connectivity index (χ3v) is 5.23. The molecule has 2 heterocycles. The Morgan fingerprint density at radius 2 is 2.17 bits per heavy atom. The van der Waals surface area contributed by atoms with E-state index in [2.05, 4.69) is 21.7 Å². The molecule has 1 saturated heterocycles. The molecule has 3 N–H and O–H groups in total. The molecule has 0 saturated carbocycles. The van der Waals surface area contributed by atoms with Crippen LogP contribution in [0, 0.1) is 0 Å².